The maximum Gasteiger partial charge on any atom is 0.336 e. The van der Waals surface area contributed by atoms with Crippen molar-refractivity contribution in [3.63, 3.8) is 0 Å². The number of hydrogen-bond donors (Lipinski definition) is 1. The zero-order chi connectivity index (χ0) is 19.8. The maximum atomic E-state index is 13.0. The summed E-state index contributed by atoms with van der Waals surface area (Å²) in [6.45, 7) is -0.113. The average molecular weight is 397 g/mol. The van der Waals surface area contributed by atoms with E-state index < -0.39 is 22.6 Å². The summed E-state index contributed by atoms with van der Waals surface area (Å²) >= 11 is 0.775. The zero-order valence-corrected chi connectivity index (χ0v) is 15.0. The van der Waals surface area contributed by atoms with Crippen LogP contribution in [0.4, 0.5) is 9.18 Å². The van der Waals surface area contributed by atoms with Crippen molar-refractivity contribution in [3.05, 3.63) is 80.8 Å². The normalized spacial score (nSPS) is 15.8. The fraction of sp³-hybridized carbons (Fsp3) is 0.0500. The molecule has 4 rings (SSSR count). The van der Waals surface area contributed by atoms with Crippen LogP contribution < -0.4 is 5.63 Å². The van der Waals surface area contributed by atoms with Gasteiger partial charge in [-0.2, -0.15) is 0 Å². The van der Waals surface area contributed by atoms with Gasteiger partial charge in [-0.25, -0.2) is 9.18 Å². The number of carbonyl (C=O) groups excluding carboxylic acids is 2. The van der Waals surface area contributed by atoms with Gasteiger partial charge in [0.2, 0.25) is 0 Å². The predicted octanol–water partition coefficient (Wildman–Crippen LogP) is 3.87. The molecule has 1 saturated heterocycles. The Morgan fingerprint density at radius 3 is 2.57 bits per heavy atom. The summed E-state index contributed by atoms with van der Waals surface area (Å²) < 4.78 is 18.1. The number of rotatable bonds is 3. The molecule has 0 saturated carbocycles. The summed E-state index contributed by atoms with van der Waals surface area (Å²) in [6, 6.07) is 11.0. The second-order valence-corrected chi connectivity index (χ2v) is 7.08. The number of phenols is 1. The quantitative estimate of drug-likeness (QED) is 0.533. The Morgan fingerprint density at radius 2 is 1.82 bits per heavy atom. The van der Waals surface area contributed by atoms with Gasteiger partial charge in [-0.3, -0.25) is 14.5 Å². The van der Waals surface area contributed by atoms with Crippen molar-refractivity contribution >= 4 is 40.0 Å². The van der Waals surface area contributed by atoms with E-state index in [-0.39, 0.29) is 22.8 Å². The second kappa shape index (κ2) is 6.97. The van der Waals surface area contributed by atoms with Crippen LogP contribution in [0.3, 0.4) is 0 Å². The van der Waals surface area contributed by atoms with Crippen LogP contribution in [-0.2, 0) is 11.3 Å². The number of benzene rings is 2. The van der Waals surface area contributed by atoms with Gasteiger partial charge in [0.25, 0.3) is 11.1 Å². The van der Waals surface area contributed by atoms with Crippen molar-refractivity contribution in [1.29, 1.82) is 0 Å². The first kappa shape index (κ1) is 18.0. The van der Waals surface area contributed by atoms with Gasteiger partial charge < -0.3 is 9.52 Å². The smallest absolute Gasteiger partial charge is 0.336 e. The Hall–Kier alpha value is -3.39. The van der Waals surface area contributed by atoms with Crippen LogP contribution in [0.5, 0.6) is 5.75 Å². The van der Waals surface area contributed by atoms with E-state index in [0.29, 0.717) is 16.5 Å². The van der Waals surface area contributed by atoms with E-state index in [9.17, 15) is 23.9 Å². The molecule has 1 aromatic heterocycles. The van der Waals surface area contributed by atoms with Crippen LogP contribution in [0, 0.1) is 5.82 Å². The van der Waals surface area contributed by atoms with Crippen molar-refractivity contribution in [3.8, 4) is 5.75 Å². The third-order valence-electron chi connectivity index (χ3n) is 4.18. The second-order valence-electron chi connectivity index (χ2n) is 6.09. The predicted molar refractivity (Wildman–Crippen MR) is 102 cm³/mol. The molecule has 0 aliphatic carbocycles. The average Bonchev–Trinajstić information content (AvgIpc) is 2.90. The number of hydrogen-bond acceptors (Lipinski definition) is 6. The number of thioether (sulfide) groups is 1. The van der Waals surface area contributed by atoms with E-state index in [1.54, 1.807) is 6.07 Å². The molecule has 8 heteroatoms. The summed E-state index contributed by atoms with van der Waals surface area (Å²) in [5, 5.41) is 9.60. The third kappa shape index (κ3) is 3.41. The van der Waals surface area contributed by atoms with Crippen LogP contribution in [0.2, 0.25) is 0 Å². The van der Waals surface area contributed by atoms with Gasteiger partial charge in [-0.1, -0.05) is 12.1 Å². The standard InChI is InChI=1S/C20H12FNO5S/c21-13-3-1-11(2-4-13)7-17-19(25)22(20(26)28-17)10-12-8-18(24)27-16-9-14(23)5-6-15(12)16/h1-9,23H,10H2/b17-7-. The molecule has 0 unspecified atom stereocenters. The first-order valence-electron chi connectivity index (χ1n) is 8.17. The number of halogens is 1. The first-order chi connectivity index (χ1) is 13.4. The minimum atomic E-state index is -0.651. The number of aromatic hydroxyl groups is 1. The molecule has 140 valence electrons. The van der Waals surface area contributed by atoms with Crippen molar-refractivity contribution < 1.29 is 23.5 Å². The van der Waals surface area contributed by atoms with Crippen molar-refractivity contribution in [2.24, 2.45) is 0 Å². The van der Waals surface area contributed by atoms with Crippen LogP contribution in [-0.4, -0.2) is 21.2 Å². The Morgan fingerprint density at radius 1 is 1.07 bits per heavy atom. The van der Waals surface area contributed by atoms with Crippen LogP contribution in [0.15, 0.2) is 62.6 Å². The molecule has 28 heavy (non-hydrogen) atoms. The number of fused-ring (bicyclic) bond motifs is 1. The summed E-state index contributed by atoms with van der Waals surface area (Å²) in [4.78, 5) is 38.1. The summed E-state index contributed by atoms with van der Waals surface area (Å²) in [5.41, 5.74) is 0.531. The van der Waals surface area contributed by atoms with Gasteiger partial charge in [-0.15, -0.1) is 0 Å². The SMILES string of the molecule is O=C1S/C(=C\c2ccc(F)cc2)C(=O)N1Cc1cc(=O)oc2cc(O)ccc12. The molecule has 6 nitrogen and oxygen atoms in total. The van der Waals surface area contributed by atoms with Gasteiger partial charge in [-0.05, 0) is 53.2 Å². The van der Waals surface area contributed by atoms with Crippen LogP contribution in [0.1, 0.15) is 11.1 Å². The molecule has 1 aliphatic rings. The lowest BCUT2D eigenvalue weighted by Crippen LogP contribution is -2.28. The molecule has 2 aromatic carbocycles. The fourth-order valence-electron chi connectivity index (χ4n) is 2.87. The van der Waals surface area contributed by atoms with E-state index in [0.717, 1.165) is 16.7 Å². The molecule has 1 N–H and O–H groups in total. The molecule has 2 heterocycles. The molecule has 0 spiro atoms. The van der Waals surface area contributed by atoms with E-state index >= 15 is 0 Å². The van der Waals surface area contributed by atoms with Gasteiger partial charge in [0.05, 0.1) is 11.4 Å². The zero-order valence-electron chi connectivity index (χ0n) is 14.2. The minimum Gasteiger partial charge on any atom is -0.508 e. The van der Waals surface area contributed by atoms with Crippen molar-refractivity contribution in [1.82, 2.24) is 4.90 Å². The molecule has 1 fully saturated rings. The molecule has 0 bridgehead atoms. The van der Waals surface area contributed by atoms with Crippen molar-refractivity contribution in [2.75, 3.05) is 0 Å². The van der Waals surface area contributed by atoms with E-state index in [4.69, 9.17) is 4.42 Å². The topological polar surface area (TPSA) is 87.8 Å². The lowest BCUT2D eigenvalue weighted by molar-refractivity contribution is -0.123. The molecular weight excluding hydrogens is 385 g/mol. The summed E-state index contributed by atoms with van der Waals surface area (Å²) in [6.07, 6.45) is 1.51. The molecule has 0 radical (unpaired) electrons. The number of phenolic OH excluding ortho intramolecular Hbond substituents is 1. The van der Waals surface area contributed by atoms with E-state index in [1.165, 1.54) is 48.5 Å². The monoisotopic (exact) mass is 397 g/mol. The van der Waals surface area contributed by atoms with Crippen LogP contribution in [0.25, 0.3) is 17.0 Å². The number of amides is 2. The highest BCUT2D eigenvalue weighted by Gasteiger charge is 2.35. The van der Waals surface area contributed by atoms with Crippen molar-refractivity contribution in [2.45, 2.75) is 6.54 Å². The fourth-order valence-corrected chi connectivity index (χ4v) is 3.70. The molecule has 2 amide bonds. The van der Waals surface area contributed by atoms with E-state index in [2.05, 4.69) is 0 Å². The Balaban J connectivity index is 1.66. The van der Waals surface area contributed by atoms with Gasteiger partial charge in [0.1, 0.15) is 17.1 Å². The number of nitrogens with zero attached hydrogens (tertiary/aromatic N) is 1. The molecule has 3 aromatic rings. The van der Waals surface area contributed by atoms with Crippen LogP contribution >= 0.6 is 11.8 Å². The molecule has 0 atom stereocenters. The van der Waals surface area contributed by atoms with E-state index in [1.807, 2.05) is 0 Å². The number of carbonyl (C=O) groups is 2. The largest absolute Gasteiger partial charge is 0.508 e. The Labute approximate surface area is 161 Å². The Kier molecular flexibility index (Phi) is 4.48. The lowest BCUT2D eigenvalue weighted by atomic mass is 10.1. The van der Waals surface area contributed by atoms with Gasteiger partial charge in [0, 0.05) is 17.5 Å². The first-order valence-corrected chi connectivity index (χ1v) is 8.99. The maximum absolute atomic E-state index is 13.0. The van der Waals surface area contributed by atoms with Gasteiger partial charge in [0.15, 0.2) is 0 Å². The number of imide groups is 1. The third-order valence-corrected chi connectivity index (χ3v) is 5.09. The molecular formula is C20H12FNO5S. The highest BCUT2D eigenvalue weighted by molar-refractivity contribution is 8.18. The summed E-state index contributed by atoms with van der Waals surface area (Å²) in [7, 11) is 0. The highest BCUT2D eigenvalue weighted by atomic mass is 32.2. The molecule has 1 aliphatic heterocycles. The van der Waals surface area contributed by atoms with Gasteiger partial charge >= 0.3 is 5.63 Å². The minimum absolute atomic E-state index is 0.0683. The summed E-state index contributed by atoms with van der Waals surface area (Å²) in [5.74, 6) is -0.966. The lowest BCUT2D eigenvalue weighted by Gasteiger charge is -2.13. The highest BCUT2D eigenvalue weighted by Crippen LogP contribution is 2.34. The Bertz CT molecular complexity index is 1200.